The molecule has 5 heteroatoms. The molecule has 1 aliphatic rings. The lowest BCUT2D eigenvalue weighted by Crippen LogP contribution is -2.41. The van der Waals surface area contributed by atoms with Gasteiger partial charge in [0.2, 0.25) is 0 Å². The Morgan fingerprint density at radius 3 is 2.73 bits per heavy atom. The van der Waals surface area contributed by atoms with Gasteiger partial charge in [0.25, 0.3) is 0 Å². The predicted octanol–water partition coefficient (Wildman–Crippen LogP) is 3.17. The zero-order chi connectivity index (χ0) is 16.2. The molecule has 0 spiro atoms. The molecule has 5 nitrogen and oxygen atoms in total. The Kier molecular flexibility index (Phi) is 5.06. The van der Waals surface area contributed by atoms with Gasteiger partial charge >= 0.3 is 6.09 Å². The Morgan fingerprint density at radius 2 is 2.09 bits per heavy atom. The van der Waals surface area contributed by atoms with Gasteiger partial charge in [-0.05, 0) is 33.6 Å². The van der Waals surface area contributed by atoms with E-state index in [2.05, 4.69) is 0 Å². The second-order valence-electron chi connectivity index (χ2n) is 6.59. The highest BCUT2D eigenvalue weighted by molar-refractivity contribution is 5.74. The minimum Gasteiger partial charge on any atom is -0.624 e. The van der Waals surface area contributed by atoms with Crippen LogP contribution >= 0.6 is 0 Å². The van der Waals surface area contributed by atoms with Gasteiger partial charge in [-0.3, -0.25) is 4.90 Å². The Labute approximate surface area is 131 Å². The molecule has 1 aliphatic heterocycles. The van der Waals surface area contributed by atoms with Crippen molar-refractivity contribution in [2.45, 2.75) is 51.8 Å². The maximum atomic E-state index is 12.2. The average molecular weight is 304 g/mol. The first kappa shape index (κ1) is 16.3. The smallest absolute Gasteiger partial charge is 0.410 e. The molecule has 1 aromatic rings. The number of benzene rings is 1. The van der Waals surface area contributed by atoms with Crippen molar-refractivity contribution in [1.82, 2.24) is 4.90 Å². The van der Waals surface area contributed by atoms with E-state index in [1.165, 1.54) is 0 Å². The Hall–Kier alpha value is -2.04. The summed E-state index contributed by atoms with van der Waals surface area (Å²) in [4.78, 5) is 13.8. The summed E-state index contributed by atoms with van der Waals surface area (Å²) in [5, 5.41) is 12.1. The van der Waals surface area contributed by atoms with Crippen molar-refractivity contribution in [3.05, 3.63) is 41.1 Å². The number of rotatable bonds is 3. The highest BCUT2D eigenvalue weighted by Crippen LogP contribution is 2.19. The molecule has 1 aromatic carbocycles. The summed E-state index contributed by atoms with van der Waals surface area (Å²) in [7, 11) is 0. The van der Waals surface area contributed by atoms with Crippen LogP contribution in [0.1, 0.15) is 39.2 Å². The van der Waals surface area contributed by atoms with Crippen molar-refractivity contribution in [2.75, 3.05) is 6.54 Å². The van der Waals surface area contributed by atoms with Crippen LogP contribution in [0.2, 0.25) is 0 Å². The molecule has 1 saturated heterocycles. The SMILES string of the molecule is CC(C)(C)OC(=O)N1CCC[C@@H]1/C=[N+](\[O-])Cc1ccccc1. The van der Waals surface area contributed by atoms with E-state index in [-0.39, 0.29) is 12.1 Å². The van der Waals surface area contributed by atoms with Gasteiger partial charge in [-0.2, -0.15) is 0 Å². The monoisotopic (exact) mass is 304 g/mol. The van der Waals surface area contributed by atoms with Crippen molar-refractivity contribution in [3.63, 3.8) is 0 Å². The first-order valence-corrected chi connectivity index (χ1v) is 7.67. The van der Waals surface area contributed by atoms with Gasteiger partial charge in [-0.25, -0.2) is 9.53 Å². The minimum atomic E-state index is -0.522. The molecule has 0 bridgehead atoms. The van der Waals surface area contributed by atoms with Gasteiger partial charge < -0.3 is 9.94 Å². The number of ether oxygens (including phenoxy) is 1. The number of hydrogen-bond donors (Lipinski definition) is 0. The van der Waals surface area contributed by atoms with Gasteiger partial charge in [0.05, 0.1) is 0 Å². The van der Waals surface area contributed by atoms with Crippen LogP contribution < -0.4 is 0 Å². The molecule has 2 rings (SSSR count). The second kappa shape index (κ2) is 6.81. The number of nitrogens with zero attached hydrogens (tertiary/aromatic N) is 2. The standard InChI is InChI=1S/C17H24N2O3/c1-17(2,3)22-16(20)19-11-7-10-15(19)13-18(21)12-14-8-5-4-6-9-14/h4-6,8-9,13,15H,7,10-12H2,1-3H3/b18-13-/t15-/m1/s1. The lowest BCUT2D eigenvalue weighted by molar-refractivity contribution is -0.472. The van der Waals surface area contributed by atoms with Crippen LogP contribution in [0.25, 0.3) is 0 Å². The molecule has 0 radical (unpaired) electrons. The van der Waals surface area contributed by atoms with Gasteiger partial charge in [0, 0.05) is 12.1 Å². The van der Waals surface area contributed by atoms with Crippen LogP contribution in [-0.2, 0) is 11.3 Å². The molecule has 22 heavy (non-hydrogen) atoms. The van der Waals surface area contributed by atoms with Crippen molar-refractivity contribution in [2.24, 2.45) is 0 Å². The molecule has 1 heterocycles. The first-order chi connectivity index (χ1) is 10.3. The van der Waals surface area contributed by atoms with E-state index >= 15 is 0 Å². The molecule has 1 fully saturated rings. The number of likely N-dealkylation sites (tertiary alicyclic amines) is 1. The topological polar surface area (TPSA) is 55.6 Å². The van der Waals surface area contributed by atoms with Crippen LogP contribution in [0.4, 0.5) is 4.79 Å². The van der Waals surface area contributed by atoms with Crippen molar-refractivity contribution >= 4 is 12.3 Å². The molecule has 0 saturated carbocycles. The number of hydrogen-bond acceptors (Lipinski definition) is 3. The second-order valence-corrected chi connectivity index (χ2v) is 6.59. The minimum absolute atomic E-state index is 0.184. The fraction of sp³-hybridized carbons (Fsp3) is 0.529. The van der Waals surface area contributed by atoms with E-state index < -0.39 is 5.60 Å². The summed E-state index contributed by atoms with van der Waals surface area (Å²) >= 11 is 0. The summed E-state index contributed by atoms with van der Waals surface area (Å²) in [5.41, 5.74) is 0.432. The van der Waals surface area contributed by atoms with Gasteiger partial charge in [-0.15, -0.1) is 0 Å². The van der Waals surface area contributed by atoms with E-state index in [0.717, 1.165) is 23.1 Å². The van der Waals surface area contributed by atoms with Crippen LogP contribution in [0.15, 0.2) is 30.3 Å². The van der Waals surface area contributed by atoms with E-state index in [0.29, 0.717) is 13.1 Å². The van der Waals surface area contributed by atoms with Crippen molar-refractivity contribution in [3.8, 4) is 0 Å². The first-order valence-electron chi connectivity index (χ1n) is 7.67. The molecule has 0 unspecified atom stereocenters. The molecule has 0 aromatic heterocycles. The molecule has 0 N–H and O–H groups in total. The summed E-state index contributed by atoms with van der Waals surface area (Å²) in [5.74, 6) is 0. The highest BCUT2D eigenvalue weighted by atomic mass is 16.6. The molecule has 1 atom stereocenters. The number of amides is 1. The fourth-order valence-electron chi connectivity index (χ4n) is 2.50. The summed E-state index contributed by atoms with van der Waals surface area (Å²) < 4.78 is 6.30. The quantitative estimate of drug-likeness (QED) is 0.373. The lowest BCUT2D eigenvalue weighted by atomic mass is 10.2. The molecular formula is C17H24N2O3. The lowest BCUT2D eigenvalue weighted by Gasteiger charge is -2.26. The van der Waals surface area contributed by atoms with Gasteiger partial charge in [0.1, 0.15) is 11.6 Å². The number of carbonyl (C=O) groups is 1. The molecular weight excluding hydrogens is 280 g/mol. The third-order valence-corrected chi connectivity index (χ3v) is 3.45. The molecule has 1 amide bonds. The Balaban J connectivity index is 2.01. The van der Waals surface area contributed by atoms with Crippen LogP contribution in [-0.4, -0.2) is 40.1 Å². The van der Waals surface area contributed by atoms with Gasteiger partial charge in [0.15, 0.2) is 12.8 Å². The summed E-state index contributed by atoms with van der Waals surface area (Å²) in [6.07, 6.45) is 2.93. The molecule has 0 aliphatic carbocycles. The maximum Gasteiger partial charge on any atom is 0.410 e. The van der Waals surface area contributed by atoms with Gasteiger partial charge in [-0.1, -0.05) is 30.3 Å². The van der Waals surface area contributed by atoms with Crippen LogP contribution in [0.5, 0.6) is 0 Å². The summed E-state index contributed by atoms with van der Waals surface area (Å²) in [6.45, 7) is 6.45. The van der Waals surface area contributed by atoms with E-state index in [4.69, 9.17) is 4.74 Å². The van der Waals surface area contributed by atoms with E-state index in [9.17, 15) is 10.0 Å². The van der Waals surface area contributed by atoms with Crippen molar-refractivity contribution in [1.29, 1.82) is 0 Å². The predicted molar refractivity (Wildman–Crippen MR) is 85.8 cm³/mol. The van der Waals surface area contributed by atoms with Crippen LogP contribution in [0, 0.1) is 5.21 Å². The normalized spacial score (nSPS) is 19.3. The third-order valence-electron chi connectivity index (χ3n) is 3.45. The Morgan fingerprint density at radius 1 is 1.41 bits per heavy atom. The summed E-state index contributed by atoms with van der Waals surface area (Å²) in [6, 6.07) is 9.38. The highest BCUT2D eigenvalue weighted by Gasteiger charge is 2.33. The number of carbonyl (C=O) groups excluding carboxylic acids is 1. The zero-order valence-corrected chi connectivity index (χ0v) is 13.5. The molecule has 120 valence electrons. The Bertz CT molecular complexity index is 535. The van der Waals surface area contributed by atoms with E-state index in [1.54, 1.807) is 11.1 Å². The van der Waals surface area contributed by atoms with Crippen molar-refractivity contribution < 1.29 is 14.3 Å². The largest absolute Gasteiger partial charge is 0.624 e. The zero-order valence-electron chi connectivity index (χ0n) is 13.5. The van der Waals surface area contributed by atoms with Crippen LogP contribution in [0.3, 0.4) is 0 Å². The van der Waals surface area contributed by atoms with E-state index in [1.807, 2.05) is 51.1 Å². The fourth-order valence-corrected chi connectivity index (χ4v) is 2.50. The third kappa shape index (κ3) is 4.76. The average Bonchev–Trinajstić information content (AvgIpc) is 2.86. The number of hydroxylamine groups is 1. The maximum absolute atomic E-state index is 12.2.